The van der Waals surface area contributed by atoms with E-state index >= 15 is 0 Å². The van der Waals surface area contributed by atoms with Crippen LogP contribution < -0.4 is 16.0 Å². The Labute approximate surface area is 215 Å². The number of nitrogens with two attached hydrogens (primary N) is 1. The van der Waals surface area contributed by atoms with E-state index in [1.807, 2.05) is 6.07 Å². The molecule has 0 saturated carbocycles. The molecule has 0 radical (unpaired) electrons. The molecular weight excluding hydrogens is 517 g/mol. The van der Waals surface area contributed by atoms with Gasteiger partial charge in [-0.05, 0) is 37.5 Å². The molecule has 2 fully saturated rings. The number of pyridine rings is 1. The van der Waals surface area contributed by atoms with Gasteiger partial charge in [0, 0.05) is 54.9 Å². The number of imide groups is 1. The highest BCUT2D eigenvalue weighted by molar-refractivity contribution is 6.31. The SMILES string of the molecule is Nc1cc(N2CCN(C(=O)N[C@H]3CCCCN(C(=O)OCC(F)(F)F)C3=O)CC2)c2ccc(Cl)cc2n1. The standard InChI is InChI=1S/C23H26ClF3N6O4/c24-14-4-5-15-17(11-14)29-19(28)12-18(15)31-7-9-32(10-8-31)21(35)30-16-3-1-2-6-33(20(16)34)22(36)37-13-23(25,26)27/h4-5,11-12,16H,1-3,6-10,13H2,(H2,28,29)(H,30,35)/t16-/m0/s1. The van der Waals surface area contributed by atoms with Crippen molar-refractivity contribution in [3.8, 4) is 0 Å². The second kappa shape index (κ2) is 10.9. The monoisotopic (exact) mass is 542 g/mol. The topological polar surface area (TPSA) is 121 Å². The minimum Gasteiger partial charge on any atom is -0.439 e. The fraction of sp³-hybridized carbons (Fsp3) is 0.478. The molecule has 2 aromatic rings. The number of anilines is 2. The predicted octanol–water partition coefficient (Wildman–Crippen LogP) is 3.38. The number of urea groups is 1. The molecule has 37 heavy (non-hydrogen) atoms. The van der Waals surface area contributed by atoms with Gasteiger partial charge >= 0.3 is 18.3 Å². The maximum absolute atomic E-state index is 12.9. The van der Waals surface area contributed by atoms with Crippen LogP contribution in [0.4, 0.5) is 34.3 Å². The lowest BCUT2D eigenvalue weighted by atomic mass is 10.1. The number of ether oxygens (including phenoxy) is 1. The molecule has 1 aromatic heterocycles. The van der Waals surface area contributed by atoms with Crippen LogP contribution in [0.2, 0.25) is 5.02 Å². The van der Waals surface area contributed by atoms with Crippen LogP contribution >= 0.6 is 11.6 Å². The van der Waals surface area contributed by atoms with E-state index in [0.29, 0.717) is 60.3 Å². The number of carbonyl (C=O) groups is 3. The first-order valence-corrected chi connectivity index (χ1v) is 12.1. The van der Waals surface area contributed by atoms with Crippen LogP contribution in [-0.4, -0.2) is 84.4 Å². The zero-order valence-electron chi connectivity index (χ0n) is 19.8. The number of nitrogens with zero attached hydrogens (tertiary/aromatic N) is 4. The average Bonchev–Trinajstić information content (AvgIpc) is 3.02. The number of carbonyl (C=O) groups excluding carboxylic acids is 3. The molecule has 0 spiro atoms. The van der Waals surface area contributed by atoms with Crippen LogP contribution in [-0.2, 0) is 9.53 Å². The zero-order valence-corrected chi connectivity index (χ0v) is 20.5. The van der Waals surface area contributed by atoms with Crippen LogP contribution in [0.15, 0.2) is 24.3 Å². The van der Waals surface area contributed by atoms with E-state index < -0.39 is 36.9 Å². The van der Waals surface area contributed by atoms with E-state index in [0.717, 1.165) is 11.1 Å². The average molecular weight is 543 g/mol. The Hall–Kier alpha value is -3.48. The van der Waals surface area contributed by atoms with E-state index in [2.05, 4.69) is 19.9 Å². The summed E-state index contributed by atoms with van der Waals surface area (Å²) in [5.41, 5.74) is 7.51. The van der Waals surface area contributed by atoms with Crippen LogP contribution in [0.1, 0.15) is 19.3 Å². The van der Waals surface area contributed by atoms with Crippen LogP contribution in [0, 0.1) is 0 Å². The van der Waals surface area contributed by atoms with Crippen molar-refractivity contribution in [3.05, 3.63) is 29.3 Å². The van der Waals surface area contributed by atoms with Gasteiger partial charge in [-0.2, -0.15) is 13.2 Å². The lowest BCUT2D eigenvalue weighted by molar-refractivity contribution is -0.164. The lowest BCUT2D eigenvalue weighted by Gasteiger charge is -2.37. The Kier molecular flexibility index (Phi) is 7.81. The Bertz CT molecular complexity index is 1180. The molecule has 2 saturated heterocycles. The number of halogens is 4. The van der Waals surface area contributed by atoms with Crippen molar-refractivity contribution in [2.24, 2.45) is 0 Å². The normalized spacial score (nSPS) is 19.1. The van der Waals surface area contributed by atoms with Crippen molar-refractivity contribution in [1.29, 1.82) is 0 Å². The second-order valence-electron chi connectivity index (χ2n) is 8.86. The summed E-state index contributed by atoms with van der Waals surface area (Å²) in [6, 6.07) is 5.59. The summed E-state index contributed by atoms with van der Waals surface area (Å²) < 4.78 is 41.4. The van der Waals surface area contributed by atoms with Crippen molar-refractivity contribution in [2.75, 3.05) is 50.0 Å². The fourth-order valence-electron chi connectivity index (χ4n) is 4.43. The zero-order chi connectivity index (χ0) is 26.7. The number of alkyl halides is 3. The third kappa shape index (κ3) is 6.45. The summed E-state index contributed by atoms with van der Waals surface area (Å²) in [5.74, 6) is -0.441. The number of piperazine rings is 1. The van der Waals surface area contributed by atoms with Crippen molar-refractivity contribution in [3.63, 3.8) is 0 Å². The van der Waals surface area contributed by atoms with Gasteiger partial charge in [0.15, 0.2) is 6.61 Å². The van der Waals surface area contributed by atoms with Gasteiger partial charge in [-0.25, -0.2) is 19.5 Å². The molecule has 3 heterocycles. The molecule has 2 aliphatic rings. The van der Waals surface area contributed by atoms with Crippen molar-refractivity contribution in [2.45, 2.75) is 31.5 Å². The highest BCUT2D eigenvalue weighted by Crippen LogP contribution is 2.30. The minimum atomic E-state index is -4.71. The number of likely N-dealkylation sites (tertiary alicyclic amines) is 1. The number of hydrogen-bond donors (Lipinski definition) is 2. The first-order chi connectivity index (χ1) is 17.5. The number of hydrogen-bond acceptors (Lipinski definition) is 7. The molecule has 10 nitrogen and oxygen atoms in total. The Morgan fingerprint density at radius 3 is 2.57 bits per heavy atom. The maximum atomic E-state index is 12.9. The van der Waals surface area contributed by atoms with E-state index in [4.69, 9.17) is 17.3 Å². The Morgan fingerprint density at radius 2 is 1.86 bits per heavy atom. The molecule has 3 N–H and O–H groups in total. The molecule has 0 unspecified atom stereocenters. The molecule has 1 aromatic carbocycles. The number of benzene rings is 1. The molecule has 14 heteroatoms. The predicted molar refractivity (Wildman–Crippen MR) is 130 cm³/mol. The van der Waals surface area contributed by atoms with E-state index in [9.17, 15) is 27.6 Å². The van der Waals surface area contributed by atoms with Crippen LogP contribution in [0.25, 0.3) is 10.9 Å². The molecule has 2 aliphatic heterocycles. The molecule has 4 rings (SSSR count). The molecule has 200 valence electrons. The van der Waals surface area contributed by atoms with Gasteiger partial charge in [0.2, 0.25) is 0 Å². The van der Waals surface area contributed by atoms with Gasteiger partial charge in [-0.1, -0.05) is 11.6 Å². The second-order valence-corrected chi connectivity index (χ2v) is 9.30. The lowest BCUT2D eigenvalue weighted by Crippen LogP contribution is -2.56. The number of nitrogen functional groups attached to an aromatic ring is 1. The number of amides is 4. The first kappa shape index (κ1) is 26.6. The smallest absolute Gasteiger partial charge is 0.422 e. The van der Waals surface area contributed by atoms with E-state index in [1.165, 1.54) is 0 Å². The van der Waals surface area contributed by atoms with Crippen molar-refractivity contribution < 1.29 is 32.3 Å². The highest BCUT2D eigenvalue weighted by Gasteiger charge is 2.36. The van der Waals surface area contributed by atoms with Gasteiger partial charge in [-0.15, -0.1) is 0 Å². The van der Waals surface area contributed by atoms with E-state index in [1.54, 1.807) is 23.1 Å². The largest absolute Gasteiger partial charge is 0.439 e. The highest BCUT2D eigenvalue weighted by atomic mass is 35.5. The van der Waals surface area contributed by atoms with Crippen molar-refractivity contribution >= 4 is 52.0 Å². The summed E-state index contributed by atoms with van der Waals surface area (Å²) in [6.45, 7) is -0.188. The summed E-state index contributed by atoms with van der Waals surface area (Å²) in [5, 5.41) is 4.05. The first-order valence-electron chi connectivity index (χ1n) is 11.7. The third-order valence-electron chi connectivity index (χ3n) is 6.24. The quantitative estimate of drug-likeness (QED) is 0.610. The number of fused-ring (bicyclic) bond motifs is 1. The number of aromatic nitrogens is 1. The number of nitrogens with one attached hydrogen (secondary N) is 1. The Morgan fingerprint density at radius 1 is 1.14 bits per heavy atom. The molecule has 0 aliphatic carbocycles. The van der Waals surface area contributed by atoms with Crippen molar-refractivity contribution in [1.82, 2.24) is 20.1 Å². The van der Waals surface area contributed by atoms with Crippen LogP contribution in [0.5, 0.6) is 0 Å². The van der Waals surface area contributed by atoms with Gasteiger partial charge in [0.05, 0.1) is 5.52 Å². The number of rotatable bonds is 3. The minimum absolute atomic E-state index is 0.0746. The van der Waals surface area contributed by atoms with E-state index in [-0.39, 0.29) is 13.0 Å². The fourth-order valence-corrected chi connectivity index (χ4v) is 4.60. The molecule has 4 amide bonds. The van der Waals surface area contributed by atoms with Crippen LogP contribution in [0.3, 0.4) is 0 Å². The molecular formula is C23H26ClF3N6O4. The van der Waals surface area contributed by atoms with Gasteiger partial charge < -0.3 is 25.6 Å². The summed E-state index contributed by atoms with van der Waals surface area (Å²) in [6.07, 6.45) is -4.91. The third-order valence-corrected chi connectivity index (χ3v) is 6.48. The van der Waals surface area contributed by atoms with Gasteiger partial charge in [0.1, 0.15) is 11.9 Å². The molecule has 0 bridgehead atoms. The summed E-state index contributed by atoms with van der Waals surface area (Å²) in [7, 11) is 0. The molecule has 1 atom stereocenters. The summed E-state index contributed by atoms with van der Waals surface area (Å²) in [4.78, 5) is 46.4. The maximum Gasteiger partial charge on any atom is 0.422 e. The Balaban J connectivity index is 1.37. The summed E-state index contributed by atoms with van der Waals surface area (Å²) >= 11 is 6.08. The van der Waals surface area contributed by atoms with Gasteiger partial charge in [-0.3, -0.25) is 4.79 Å². The van der Waals surface area contributed by atoms with Gasteiger partial charge in [0.25, 0.3) is 5.91 Å².